The number of rotatable bonds is 4. The van der Waals surface area contributed by atoms with Gasteiger partial charge < -0.3 is 5.32 Å². The van der Waals surface area contributed by atoms with Crippen LogP contribution in [0.15, 0.2) is 5.38 Å². The van der Waals surface area contributed by atoms with E-state index in [0.29, 0.717) is 11.9 Å². The van der Waals surface area contributed by atoms with Gasteiger partial charge >= 0.3 is 0 Å². The average Bonchev–Trinajstić information content (AvgIpc) is 2.94. The number of hydrogen-bond acceptors (Lipinski definition) is 4. The van der Waals surface area contributed by atoms with E-state index in [9.17, 15) is 4.79 Å². The van der Waals surface area contributed by atoms with Gasteiger partial charge in [-0.3, -0.25) is 9.69 Å². The standard InChI is InChI=1S/C13H20ClN3OS/c1-9(13-16-11(7-14)8-19-13)17-5-3-10(4-6-17)12(18)15-2/h8-10H,3-7H2,1-2H3,(H,15,18). The Morgan fingerprint density at radius 1 is 1.63 bits per heavy atom. The summed E-state index contributed by atoms with van der Waals surface area (Å²) in [5.41, 5.74) is 0.953. The Labute approximate surface area is 123 Å². The number of carbonyl (C=O) groups excluding carboxylic acids is 1. The van der Waals surface area contributed by atoms with Gasteiger partial charge in [-0.15, -0.1) is 22.9 Å². The summed E-state index contributed by atoms with van der Waals surface area (Å²) in [5.74, 6) is 0.816. The molecule has 1 atom stereocenters. The highest BCUT2D eigenvalue weighted by atomic mass is 35.5. The summed E-state index contributed by atoms with van der Waals surface area (Å²) in [7, 11) is 1.71. The Bertz CT molecular complexity index is 429. The molecule has 0 spiro atoms. The Balaban J connectivity index is 1.92. The molecule has 1 saturated heterocycles. The summed E-state index contributed by atoms with van der Waals surface area (Å²) >= 11 is 7.46. The molecule has 19 heavy (non-hydrogen) atoms. The van der Waals surface area contributed by atoms with Crippen molar-refractivity contribution in [3.63, 3.8) is 0 Å². The number of nitrogens with one attached hydrogen (secondary N) is 1. The number of amides is 1. The van der Waals surface area contributed by atoms with Crippen molar-refractivity contribution in [3.05, 3.63) is 16.1 Å². The van der Waals surface area contributed by atoms with Crippen molar-refractivity contribution < 1.29 is 4.79 Å². The van der Waals surface area contributed by atoms with Gasteiger partial charge in [-0.05, 0) is 32.9 Å². The van der Waals surface area contributed by atoms with E-state index < -0.39 is 0 Å². The van der Waals surface area contributed by atoms with Crippen molar-refractivity contribution in [1.29, 1.82) is 0 Å². The first-order valence-electron chi connectivity index (χ1n) is 6.61. The molecule has 1 aromatic rings. The van der Waals surface area contributed by atoms with Crippen LogP contribution >= 0.6 is 22.9 Å². The van der Waals surface area contributed by atoms with E-state index in [2.05, 4.69) is 22.1 Å². The van der Waals surface area contributed by atoms with E-state index in [1.54, 1.807) is 18.4 Å². The predicted molar refractivity (Wildman–Crippen MR) is 78.4 cm³/mol. The minimum atomic E-state index is 0.170. The minimum absolute atomic E-state index is 0.170. The van der Waals surface area contributed by atoms with E-state index in [4.69, 9.17) is 11.6 Å². The molecule has 0 aliphatic carbocycles. The third-order valence-electron chi connectivity index (χ3n) is 3.76. The zero-order valence-corrected chi connectivity index (χ0v) is 12.9. The van der Waals surface area contributed by atoms with Gasteiger partial charge in [0, 0.05) is 18.3 Å². The quantitative estimate of drug-likeness (QED) is 0.869. The Morgan fingerprint density at radius 2 is 2.32 bits per heavy atom. The maximum Gasteiger partial charge on any atom is 0.222 e. The zero-order chi connectivity index (χ0) is 13.8. The van der Waals surface area contributed by atoms with Crippen LogP contribution in [-0.2, 0) is 10.7 Å². The van der Waals surface area contributed by atoms with Gasteiger partial charge in [0.15, 0.2) is 0 Å². The molecular formula is C13H20ClN3OS. The van der Waals surface area contributed by atoms with Gasteiger partial charge in [-0.1, -0.05) is 0 Å². The molecule has 1 aliphatic heterocycles. The molecule has 1 amide bonds. The van der Waals surface area contributed by atoms with Crippen LogP contribution in [0.2, 0.25) is 0 Å². The topological polar surface area (TPSA) is 45.2 Å². The number of thiazole rings is 1. The fourth-order valence-corrected chi connectivity index (χ4v) is 3.62. The van der Waals surface area contributed by atoms with Crippen LogP contribution in [0.1, 0.15) is 36.5 Å². The third kappa shape index (κ3) is 3.46. The number of likely N-dealkylation sites (tertiary alicyclic amines) is 1. The van der Waals surface area contributed by atoms with E-state index in [1.807, 2.05) is 5.38 Å². The monoisotopic (exact) mass is 301 g/mol. The molecule has 1 fully saturated rings. The molecule has 1 unspecified atom stereocenters. The second-order valence-corrected chi connectivity index (χ2v) is 6.07. The van der Waals surface area contributed by atoms with Crippen molar-refractivity contribution in [2.75, 3.05) is 20.1 Å². The average molecular weight is 302 g/mol. The number of aromatic nitrogens is 1. The molecule has 106 valence electrons. The highest BCUT2D eigenvalue weighted by Gasteiger charge is 2.28. The van der Waals surface area contributed by atoms with E-state index in [0.717, 1.165) is 36.6 Å². The molecule has 0 radical (unpaired) electrons. The zero-order valence-electron chi connectivity index (χ0n) is 11.4. The van der Waals surface area contributed by atoms with Gasteiger partial charge in [-0.2, -0.15) is 0 Å². The second-order valence-electron chi connectivity index (χ2n) is 4.91. The molecule has 4 nitrogen and oxygen atoms in total. The Hall–Kier alpha value is -0.650. The highest BCUT2D eigenvalue weighted by molar-refractivity contribution is 7.09. The van der Waals surface area contributed by atoms with Crippen LogP contribution in [0, 0.1) is 5.92 Å². The molecule has 2 rings (SSSR count). The molecule has 0 saturated carbocycles. The number of alkyl halides is 1. The van der Waals surface area contributed by atoms with Gasteiger partial charge in [-0.25, -0.2) is 4.98 Å². The van der Waals surface area contributed by atoms with Crippen LogP contribution in [0.3, 0.4) is 0 Å². The van der Waals surface area contributed by atoms with Crippen molar-refractivity contribution in [2.45, 2.75) is 31.7 Å². The third-order valence-corrected chi connectivity index (χ3v) is 5.10. The SMILES string of the molecule is CNC(=O)C1CCN(C(C)c2nc(CCl)cs2)CC1. The fraction of sp³-hybridized carbons (Fsp3) is 0.692. The molecule has 0 aromatic carbocycles. The molecular weight excluding hydrogens is 282 g/mol. The summed E-state index contributed by atoms with van der Waals surface area (Å²) < 4.78 is 0. The first-order valence-corrected chi connectivity index (χ1v) is 8.03. The largest absolute Gasteiger partial charge is 0.359 e. The Kier molecular flexibility index (Phi) is 5.19. The van der Waals surface area contributed by atoms with Crippen molar-refractivity contribution in [3.8, 4) is 0 Å². The maximum atomic E-state index is 11.6. The minimum Gasteiger partial charge on any atom is -0.359 e. The highest BCUT2D eigenvalue weighted by Crippen LogP contribution is 2.28. The van der Waals surface area contributed by atoms with Crippen LogP contribution in [0.5, 0.6) is 0 Å². The molecule has 1 aromatic heterocycles. The van der Waals surface area contributed by atoms with E-state index >= 15 is 0 Å². The lowest BCUT2D eigenvalue weighted by Gasteiger charge is -2.34. The Morgan fingerprint density at radius 3 is 2.84 bits per heavy atom. The summed E-state index contributed by atoms with van der Waals surface area (Å²) in [6, 6.07) is 0.313. The summed E-state index contributed by atoms with van der Waals surface area (Å²) in [6.07, 6.45) is 1.86. The van der Waals surface area contributed by atoms with Crippen molar-refractivity contribution in [2.24, 2.45) is 5.92 Å². The van der Waals surface area contributed by atoms with Crippen molar-refractivity contribution in [1.82, 2.24) is 15.2 Å². The molecule has 1 N–H and O–H groups in total. The number of halogens is 1. The number of carbonyl (C=O) groups is 1. The first kappa shape index (κ1) is 14.8. The summed E-state index contributed by atoms with van der Waals surface area (Å²) in [5, 5.41) is 5.88. The molecule has 6 heteroatoms. The van der Waals surface area contributed by atoms with Gasteiger partial charge in [0.2, 0.25) is 5.91 Å². The van der Waals surface area contributed by atoms with Gasteiger partial charge in [0.25, 0.3) is 0 Å². The molecule has 2 heterocycles. The van der Waals surface area contributed by atoms with Crippen LogP contribution in [0.4, 0.5) is 0 Å². The number of nitrogens with zero attached hydrogens (tertiary/aromatic N) is 2. The fourth-order valence-electron chi connectivity index (χ4n) is 2.49. The predicted octanol–water partition coefficient (Wildman–Crippen LogP) is 2.40. The van der Waals surface area contributed by atoms with Gasteiger partial charge in [0.05, 0.1) is 17.6 Å². The lowest BCUT2D eigenvalue weighted by Crippen LogP contribution is -2.40. The smallest absolute Gasteiger partial charge is 0.222 e. The number of hydrogen-bond donors (Lipinski definition) is 1. The van der Waals surface area contributed by atoms with Crippen LogP contribution < -0.4 is 5.32 Å². The van der Waals surface area contributed by atoms with Crippen LogP contribution in [-0.4, -0.2) is 35.9 Å². The summed E-state index contributed by atoms with van der Waals surface area (Å²) in [6.45, 7) is 4.08. The normalized spacial score (nSPS) is 19.3. The molecule has 1 aliphatic rings. The molecule has 0 bridgehead atoms. The van der Waals surface area contributed by atoms with E-state index in [-0.39, 0.29) is 11.8 Å². The first-order chi connectivity index (χ1) is 9.15. The van der Waals surface area contributed by atoms with Crippen molar-refractivity contribution >= 4 is 28.8 Å². The van der Waals surface area contributed by atoms with Gasteiger partial charge in [0.1, 0.15) is 5.01 Å². The second kappa shape index (κ2) is 6.68. The van der Waals surface area contributed by atoms with E-state index in [1.165, 1.54) is 0 Å². The lowest BCUT2D eigenvalue weighted by molar-refractivity contribution is -0.126. The maximum absolute atomic E-state index is 11.6. The lowest BCUT2D eigenvalue weighted by atomic mass is 9.95. The van der Waals surface area contributed by atoms with Crippen LogP contribution in [0.25, 0.3) is 0 Å². The number of piperidine rings is 1. The summed E-state index contributed by atoms with van der Waals surface area (Å²) in [4.78, 5) is 18.5.